The maximum atomic E-state index is 10.4. The zero-order valence-corrected chi connectivity index (χ0v) is 24.2. The number of amidine groups is 1. The molecule has 182 valence electrons. The van der Waals surface area contributed by atoms with E-state index in [1.54, 1.807) is 0 Å². The van der Waals surface area contributed by atoms with Crippen LogP contribution in [0.15, 0.2) is 24.3 Å². The molecule has 2 saturated carbocycles. The van der Waals surface area contributed by atoms with E-state index in [9.17, 15) is 5.41 Å². The second-order valence-corrected chi connectivity index (χ2v) is 12.6. The maximum absolute atomic E-state index is 10.4. The van der Waals surface area contributed by atoms with Crippen LogP contribution in [0.4, 0.5) is 0 Å². The molecule has 0 amide bonds. The van der Waals surface area contributed by atoms with Crippen molar-refractivity contribution in [2.24, 2.45) is 29.6 Å². The van der Waals surface area contributed by atoms with Gasteiger partial charge in [0.25, 0.3) is 0 Å². The molecule has 0 radical (unpaired) electrons. The molecule has 1 aromatic rings. The van der Waals surface area contributed by atoms with E-state index in [0.29, 0.717) is 11.9 Å². The SMILES string of the molecule is CC1C(C)C(C)C(C)C1C.[CH3-].[Cl][Ti][Cl].[N-]=C1c2ccccc2CN1C1CCCCCCC1. The molecule has 0 spiro atoms. The van der Waals surface area contributed by atoms with Gasteiger partial charge in [-0.3, -0.25) is 0 Å². The molecule has 2 nitrogen and oxygen atoms in total. The first-order valence-electron chi connectivity index (χ1n) is 12.2. The Balaban J connectivity index is 0.000000312. The summed E-state index contributed by atoms with van der Waals surface area (Å²) in [6, 6.07) is 8.78. The molecule has 0 atom stereocenters. The second kappa shape index (κ2) is 15.1. The second-order valence-electron chi connectivity index (χ2n) is 9.97. The Morgan fingerprint density at radius 2 is 1.19 bits per heavy atom. The van der Waals surface area contributed by atoms with Crippen molar-refractivity contribution in [3.05, 3.63) is 48.2 Å². The van der Waals surface area contributed by atoms with Crippen LogP contribution in [0.25, 0.3) is 5.41 Å². The van der Waals surface area contributed by atoms with Gasteiger partial charge in [-0.2, -0.15) is 0 Å². The van der Waals surface area contributed by atoms with E-state index < -0.39 is 17.0 Å². The van der Waals surface area contributed by atoms with E-state index in [1.807, 2.05) is 12.1 Å². The van der Waals surface area contributed by atoms with Gasteiger partial charge in [0, 0.05) is 0 Å². The van der Waals surface area contributed by atoms with Gasteiger partial charge in [0.2, 0.25) is 0 Å². The summed E-state index contributed by atoms with van der Waals surface area (Å²) in [7, 11) is 9.78. The van der Waals surface area contributed by atoms with Crippen molar-refractivity contribution >= 4 is 24.4 Å². The predicted octanol–water partition coefficient (Wildman–Crippen LogP) is 8.94. The van der Waals surface area contributed by atoms with Crippen molar-refractivity contribution in [1.29, 1.82) is 0 Å². The van der Waals surface area contributed by atoms with E-state index in [1.165, 1.54) is 50.5 Å². The van der Waals surface area contributed by atoms with Crippen molar-refractivity contribution in [2.45, 2.75) is 92.2 Å². The van der Waals surface area contributed by atoms with E-state index in [-0.39, 0.29) is 7.43 Å². The number of fused-ring (bicyclic) bond motifs is 1. The number of benzene rings is 1. The third-order valence-electron chi connectivity index (χ3n) is 8.53. The molecule has 2 fully saturated rings. The van der Waals surface area contributed by atoms with Crippen molar-refractivity contribution in [1.82, 2.24) is 4.90 Å². The summed E-state index contributed by atoms with van der Waals surface area (Å²) in [5.41, 5.74) is 2.32. The van der Waals surface area contributed by atoms with Gasteiger partial charge < -0.3 is 17.7 Å². The molecular formula is C27H44Cl2N2Ti-2. The predicted molar refractivity (Wildman–Crippen MR) is 139 cm³/mol. The fourth-order valence-corrected chi connectivity index (χ4v) is 5.73. The van der Waals surface area contributed by atoms with Gasteiger partial charge in [-0.25, -0.2) is 0 Å². The van der Waals surface area contributed by atoms with Gasteiger partial charge >= 0.3 is 35.6 Å². The topological polar surface area (TPSA) is 25.5 Å². The van der Waals surface area contributed by atoms with Gasteiger partial charge in [0.1, 0.15) is 0 Å². The zero-order valence-electron chi connectivity index (χ0n) is 21.1. The summed E-state index contributed by atoms with van der Waals surface area (Å²) < 4.78 is 0. The fourth-order valence-electron chi connectivity index (χ4n) is 5.73. The normalized spacial score (nSPS) is 29.9. The van der Waals surface area contributed by atoms with Gasteiger partial charge in [-0.05, 0) is 53.3 Å². The average molecular weight is 515 g/mol. The first-order chi connectivity index (χ1) is 14.8. The average Bonchev–Trinajstić information content (AvgIpc) is 3.15. The Kier molecular flexibility index (Phi) is 14.1. The molecular weight excluding hydrogens is 471 g/mol. The minimum atomic E-state index is -0.556. The summed E-state index contributed by atoms with van der Waals surface area (Å²) in [4.78, 5) is 2.23. The van der Waals surface area contributed by atoms with Crippen molar-refractivity contribution in [3.63, 3.8) is 0 Å². The summed E-state index contributed by atoms with van der Waals surface area (Å²) in [5, 5.41) is 10.4. The Labute approximate surface area is 215 Å². The van der Waals surface area contributed by atoms with E-state index in [2.05, 4.69) is 51.7 Å². The molecule has 0 bridgehead atoms. The van der Waals surface area contributed by atoms with Crippen LogP contribution in [0.1, 0.15) is 90.7 Å². The largest absolute Gasteiger partial charge is 0.464 e. The van der Waals surface area contributed by atoms with Gasteiger partial charge in [0.15, 0.2) is 0 Å². The van der Waals surface area contributed by atoms with E-state index in [0.717, 1.165) is 41.7 Å². The Morgan fingerprint density at radius 3 is 1.62 bits per heavy atom. The van der Waals surface area contributed by atoms with Crippen LogP contribution in [0.2, 0.25) is 0 Å². The molecule has 0 aromatic heterocycles. The van der Waals surface area contributed by atoms with E-state index in [4.69, 9.17) is 18.6 Å². The quantitative estimate of drug-likeness (QED) is 0.271. The molecule has 0 saturated heterocycles. The van der Waals surface area contributed by atoms with Crippen molar-refractivity contribution < 1.29 is 17.0 Å². The molecule has 1 aromatic carbocycles. The first kappa shape index (κ1) is 30.0. The fraction of sp³-hybridized carbons (Fsp3) is 0.704. The minimum absolute atomic E-state index is 0. The standard InChI is InChI=1S/C16H21N2.C10H20.CH3.2ClH.Ti/c17-16-15-11-7-6-8-13(15)12-18(16)14-9-4-2-1-3-5-10-14;1-6-7(2)9(4)10(5)8(6)3;;;;/h6-8,11,14H,1-5,9-10,12H2;6-10H,1-5H3;1H3;2*1H;/q-1;;-1;;;+2/p-2. The number of hydrogen-bond donors (Lipinski definition) is 0. The molecule has 5 heteroatoms. The van der Waals surface area contributed by atoms with Crippen molar-refractivity contribution in [2.75, 3.05) is 0 Å². The van der Waals surface area contributed by atoms with Crippen molar-refractivity contribution in [3.8, 4) is 0 Å². The van der Waals surface area contributed by atoms with Gasteiger partial charge in [0.05, 0.1) is 0 Å². The van der Waals surface area contributed by atoms with Crippen LogP contribution in [0.5, 0.6) is 0 Å². The molecule has 1 heterocycles. The molecule has 2 aliphatic carbocycles. The first-order valence-corrected chi connectivity index (χ1v) is 16.5. The monoisotopic (exact) mass is 514 g/mol. The third-order valence-corrected chi connectivity index (χ3v) is 8.53. The summed E-state index contributed by atoms with van der Waals surface area (Å²) >= 11 is -0.556. The molecule has 1 aliphatic heterocycles. The van der Waals surface area contributed by atoms with Crippen LogP contribution in [0.3, 0.4) is 0 Å². The Hall–Kier alpha value is -0.0157. The molecule has 0 unspecified atom stereocenters. The number of nitrogens with zero attached hydrogens (tertiary/aromatic N) is 2. The number of hydrogen-bond acceptors (Lipinski definition) is 0. The zero-order chi connectivity index (χ0) is 23.0. The molecule has 3 aliphatic rings. The molecule has 4 rings (SSSR count). The van der Waals surface area contributed by atoms with Crippen LogP contribution in [-0.4, -0.2) is 16.8 Å². The number of rotatable bonds is 1. The maximum Gasteiger partial charge on any atom is -0.0235 e. The third kappa shape index (κ3) is 7.76. The van der Waals surface area contributed by atoms with E-state index >= 15 is 0 Å². The summed E-state index contributed by atoms with van der Waals surface area (Å²) in [6.07, 6.45) is 9.20. The van der Waals surface area contributed by atoms with Crippen LogP contribution in [-0.2, 0) is 23.6 Å². The van der Waals surface area contributed by atoms with Gasteiger partial charge in [-0.1, -0.05) is 110 Å². The molecule has 0 N–H and O–H groups in total. The van der Waals surface area contributed by atoms with Gasteiger partial charge in [-0.15, -0.1) is 0 Å². The van der Waals surface area contributed by atoms with Crippen LogP contribution < -0.4 is 0 Å². The van der Waals surface area contributed by atoms with Crippen LogP contribution in [0, 0.1) is 37.0 Å². The molecule has 32 heavy (non-hydrogen) atoms. The minimum Gasteiger partial charge on any atom is -0.464 e. The summed E-state index contributed by atoms with van der Waals surface area (Å²) in [6.45, 7) is 12.9. The van der Waals surface area contributed by atoms with Crippen LogP contribution >= 0.6 is 18.6 Å². The number of halogens is 2. The summed E-state index contributed by atoms with van der Waals surface area (Å²) in [5.74, 6) is 5.19. The Bertz CT molecular complexity index is 631. The Morgan fingerprint density at radius 1 is 0.781 bits per heavy atom. The smallest absolute Gasteiger partial charge is 0.0235 e.